The van der Waals surface area contributed by atoms with E-state index in [1.807, 2.05) is 23.6 Å². The van der Waals surface area contributed by atoms with E-state index in [-0.39, 0.29) is 23.5 Å². The Morgan fingerprint density at radius 3 is 2.55 bits per heavy atom. The Morgan fingerprint density at radius 2 is 1.79 bits per heavy atom. The molecule has 4 aromatic rings. The molecule has 33 heavy (non-hydrogen) atoms. The van der Waals surface area contributed by atoms with Gasteiger partial charge in [-0.3, -0.25) is 0 Å². The van der Waals surface area contributed by atoms with Gasteiger partial charge in [0.15, 0.2) is 11.6 Å². The molecule has 0 saturated carbocycles. The first-order valence-electron chi connectivity index (χ1n) is 9.98. The molecule has 0 unspecified atom stereocenters. The van der Waals surface area contributed by atoms with E-state index in [1.165, 1.54) is 24.3 Å². The summed E-state index contributed by atoms with van der Waals surface area (Å²) in [6.07, 6.45) is 0. The monoisotopic (exact) mass is 469 g/mol. The molecule has 0 aliphatic carbocycles. The number of aromatic nitrogens is 1. The molecule has 0 spiro atoms. The van der Waals surface area contributed by atoms with Gasteiger partial charge < -0.3 is 14.4 Å². The van der Waals surface area contributed by atoms with Crippen LogP contribution in [0.15, 0.2) is 73.3 Å². The van der Waals surface area contributed by atoms with Gasteiger partial charge >= 0.3 is 0 Å². The lowest BCUT2D eigenvalue weighted by atomic mass is 10.1. The molecular weight excluding hydrogens is 451 g/mol. The van der Waals surface area contributed by atoms with Crippen LogP contribution >= 0.6 is 11.6 Å². The van der Waals surface area contributed by atoms with Crippen molar-refractivity contribution < 1.29 is 23.0 Å². The minimum atomic E-state index is -0.963. The highest BCUT2D eigenvalue weighted by Gasteiger charge is 2.17. The van der Waals surface area contributed by atoms with Crippen molar-refractivity contribution in [2.45, 2.75) is 13.5 Å². The molecule has 0 saturated heterocycles. The van der Waals surface area contributed by atoms with Gasteiger partial charge in [0.1, 0.15) is 23.9 Å². The van der Waals surface area contributed by atoms with Gasteiger partial charge in [0.25, 0.3) is 0 Å². The average molecular weight is 470 g/mol. The zero-order valence-corrected chi connectivity index (χ0v) is 18.3. The quantitative estimate of drug-likeness (QED) is 0.294. The van der Waals surface area contributed by atoms with E-state index in [0.717, 1.165) is 11.8 Å². The Labute approximate surface area is 193 Å². The van der Waals surface area contributed by atoms with Gasteiger partial charge in [0.05, 0.1) is 11.3 Å². The van der Waals surface area contributed by atoms with Gasteiger partial charge in [-0.15, -0.1) is 0 Å². The minimum Gasteiger partial charge on any atom is -0.508 e. The average Bonchev–Trinajstić information content (AvgIpc) is 3.16. The van der Waals surface area contributed by atoms with E-state index in [1.54, 1.807) is 24.3 Å². The Balaban J connectivity index is 1.78. The van der Waals surface area contributed by atoms with Crippen molar-refractivity contribution in [2.24, 2.45) is 0 Å². The predicted molar refractivity (Wildman–Crippen MR) is 123 cm³/mol. The van der Waals surface area contributed by atoms with Gasteiger partial charge in [-0.25, -0.2) is 13.2 Å². The predicted octanol–water partition coefficient (Wildman–Crippen LogP) is 7.63. The summed E-state index contributed by atoms with van der Waals surface area (Å²) < 4.78 is 49.4. The van der Waals surface area contributed by atoms with Crippen LogP contribution in [0.3, 0.4) is 0 Å². The van der Waals surface area contributed by atoms with Crippen molar-refractivity contribution in [3.63, 3.8) is 0 Å². The summed E-state index contributed by atoms with van der Waals surface area (Å²) >= 11 is 6.25. The first kappa shape index (κ1) is 22.6. The van der Waals surface area contributed by atoms with Gasteiger partial charge in [-0.1, -0.05) is 30.3 Å². The SMILES string of the molecule is C=C(O)c1cc(-n2c(C)ccc2-c2cc(Cl)ccc2OCc2cccc(F)c2F)ccc1F. The molecule has 3 aromatic carbocycles. The molecule has 3 nitrogen and oxygen atoms in total. The summed E-state index contributed by atoms with van der Waals surface area (Å²) in [5.74, 6) is -2.49. The molecule has 0 fully saturated rings. The summed E-state index contributed by atoms with van der Waals surface area (Å²) in [6.45, 7) is 5.09. The number of rotatable bonds is 6. The Bertz CT molecular complexity index is 1360. The van der Waals surface area contributed by atoms with E-state index < -0.39 is 17.5 Å². The number of hydrogen-bond acceptors (Lipinski definition) is 2. The highest BCUT2D eigenvalue weighted by atomic mass is 35.5. The number of ether oxygens (including phenoxy) is 1. The standard InChI is InChI=1S/C26H19ClF3NO2/c1-15-6-10-24(31(15)19-8-9-22(28)20(13-19)16(2)32)21-12-18(27)7-11-25(21)33-14-17-4-3-5-23(29)26(17)30/h3-13,32H,2,14H2,1H3. The fraction of sp³-hybridized carbons (Fsp3) is 0.0769. The van der Waals surface area contributed by atoms with Crippen LogP contribution in [-0.2, 0) is 6.61 Å². The maximum absolute atomic E-state index is 14.1. The van der Waals surface area contributed by atoms with Crippen molar-refractivity contribution >= 4 is 17.4 Å². The molecule has 1 N–H and O–H groups in total. The number of aryl methyl sites for hydroxylation is 1. The summed E-state index contributed by atoms with van der Waals surface area (Å²) in [5, 5.41) is 10.2. The second kappa shape index (κ2) is 9.08. The highest BCUT2D eigenvalue weighted by Crippen LogP contribution is 2.36. The number of benzene rings is 3. The third-order valence-corrected chi connectivity index (χ3v) is 5.46. The molecule has 1 aromatic heterocycles. The van der Waals surface area contributed by atoms with Crippen LogP contribution in [0, 0.1) is 24.4 Å². The van der Waals surface area contributed by atoms with Crippen LogP contribution in [0.25, 0.3) is 22.7 Å². The van der Waals surface area contributed by atoms with Crippen molar-refractivity contribution in [3.05, 3.63) is 113 Å². The van der Waals surface area contributed by atoms with Crippen LogP contribution in [0.2, 0.25) is 5.02 Å². The maximum Gasteiger partial charge on any atom is 0.165 e. The lowest BCUT2D eigenvalue weighted by Gasteiger charge is -2.17. The molecule has 0 aliphatic rings. The van der Waals surface area contributed by atoms with Crippen molar-refractivity contribution in [1.82, 2.24) is 4.57 Å². The zero-order valence-electron chi connectivity index (χ0n) is 17.6. The van der Waals surface area contributed by atoms with Gasteiger partial charge in [-0.2, -0.15) is 0 Å². The fourth-order valence-corrected chi connectivity index (χ4v) is 3.78. The Kier molecular flexibility index (Phi) is 6.20. The Hall–Kier alpha value is -3.64. The number of aliphatic hydroxyl groups is 1. The largest absolute Gasteiger partial charge is 0.508 e. The summed E-state index contributed by atoms with van der Waals surface area (Å²) in [5.41, 5.74) is 2.74. The molecule has 0 amide bonds. The smallest absolute Gasteiger partial charge is 0.165 e. The lowest BCUT2D eigenvalue weighted by molar-refractivity contribution is 0.298. The first-order chi connectivity index (χ1) is 15.8. The molecule has 0 radical (unpaired) electrons. The van der Waals surface area contributed by atoms with Gasteiger partial charge in [-0.05, 0) is 61.5 Å². The van der Waals surface area contributed by atoms with Crippen molar-refractivity contribution in [1.29, 1.82) is 0 Å². The third kappa shape index (κ3) is 4.47. The zero-order chi connectivity index (χ0) is 23.7. The number of nitrogens with zero attached hydrogens (tertiary/aromatic N) is 1. The van der Waals surface area contributed by atoms with Crippen LogP contribution < -0.4 is 4.74 Å². The van der Waals surface area contributed by atoms with E-state index >= 15 is 0 Å². The summed E-state index contributed by atoms with van der Waals surface area (Å²) in [6, 6.07) is 16.9. The molecule has 0 aliphatic heterocycles. The van der Waals surface area contributed by atoms with Crippen LogP contribution in [0.5, 0.6) is 5.75 Å². The minimum absolute atomic E-state index is 0.0179. The molecule has 0 atom stereocenters. The molecule has 0 bridgehead atoms. The Morgan fingerprint density at radius 1 is 1.00 bits per heavy atom. The third-order valence-electron chi connectivity index (χ3n) is 5.23. The summed E-state index contributed by atoms with van der Waals surface area (Å²) in [4.78, 5) is 0. The second-order valence-corrected chi connectivity index (χ2v) is 7.88. The van der Waals surface area contributed by atoms with Crippen LogP contribution in [0.4, 0.5) is 13.2 Å². The van der Waals surface area contributed by atoms with Crippen molar-refractivity contribution in [2.75, 3.05) is 0 Å². The molecule has 1 heterocycles. The topological polar surface area (TPSA) is 34.4 Å². The van der Waals surface area contributed by atoms with Crippen molar-refractivity contribution in [3.8, 4) is 22.7 Å². The molecule has 4 rings (SSSR count). The second-order valence-electron chi connectivity index (χ2n) is 7.45. The number of halogens is 4. The number of hydrogen-bond donors (Lipinski definition) is 1. The highest BCUT2D eigenvalue weighted by molar-refractivity contribution is 6.31. The normalized spacial score (nSPS) is 10.9. The molecular formula is C26H19ClF3NO2. The maximum atomic E-state index is 14.1. The van der Waals surface area contributed by atoms with Crippen LogP contribution in [-0.4, -0.2) is 9.67 Å². The van der Waals surface area contributed by atoms with Gasteiger partial charge in [0.2, 0.25) is 0 Å². The fourth-order valence-electron chi connectivity index (χ4n) is 3.61. The van der Waals surface area contributed by atoms with E-state index in [4.69, 9.17) is 16.3 Å². The lowest BCUT2D eigenvalue weighted by Crippen LogP contribution is -2.04. The first-order valence-corrected chi connectivity index (χ1v) is 10.4. The molecule has 168 valence electrons. The van der Waals surface area contributed by atoms with E-state index in [2.05, 4.69) is 6.58 Å². The van der Waals surface area contributed by atoms with E-state index in [9.17, 15) is 18.3 Å². The van der Waals surface area contributed by atoms with Gasteiger partial charge in [0, 0.05) is 27.5 Å². The summed E-state index contributed by atoms with van der Waals surface area (Å²) in [7, 11) is 0. The number of aliphatic hydroxyl groups excluding tert-OH is 1. The molecule has 7 heteroatoms. The van der Waals surface area contributed by atoms with Crippen LogP contribution in [0.1, 0.15) is 16.8 Å². The van der Waals surface area contributed by atoms with E-state index in [0.29, 0.717) is 27.7 Å².